The molecule has 1 rings (SSSR count). The number of methoxy groups -OCH3 is 1. The number of amides is 1. The molecule has 0 aliphatic rings. The van der Waals surface area contributed by atoms with E-state index in [1.807, 2.05) is 12.1 Å². The predicted molar refractivity (Wildman–Crippen MR) is 64.8 cm³/mol. The molecule has 0 fully saturated rings. The number of aryl methyl sites for hydroxylation is 1. The Balaban J connectivity index is 2.66. The molecule has 1 unspecified atom stereocenters. The van der Waals surface area contributed by atoms with E-state index < -0.39 is 12.0 Å². The highest BCUT2D eigenvalue weighted by atomic mass is 16.5. The van der Waals surface area contributed by atoms with Gasteiger partial charge < -0.3 is 10.1 Å². The molecule has 0 radical (unpaired) electrons. The van der Waals surface area contributed by atoms with Crippen LogP contribution in [-0.2, 0) is 16.0 Å². The monoisotopic (exact) mass is 235 g/mol. The predicted octanol–water partition coefficient (Wildman–Crippen LogP) is 1.54. The Morgan fingerprint density at radius 3 is 2.35 bits per heavy atom. The lowest BCUT2D eigenvalue weighted by molar-refractivity contribution is -0.142. The first-order valence-corrected chi connectivity index (χ1v) is 5.56. The summed E-state index contributed by atoms with van der Waals surface area (Å²) in [5.41, 5.74) is 1.71. The molecule has 1 amide bonds. The fourth-order valence-electron chi connectivity index (χ4n) is 1.41. The van der Waals surface area contributed by atoms with Crippen LogP contribution in [0.25, 0.3) is 0 Å². The first-order valence-electron chi connectivity index (χ1n) is 5.56. The van der Waals surface area contributed by atoms with Crippen LogP contribution >= 0.6 is 0 Å². The molecule has 0 saturated heterocycles. The summed E-state index contributed by atoms with van der Waals surface area (Å²) in [6.07, 6.45) is 0.931. The van der Waals surface area contributed by atoms with Gasteiger partial charge in [0, 0.05) is 5.56 Å². The topological polar surface area (TPSA) is 55.4 Å². The number of ether oxygens (including phenoxy) is 1. The number of carbonyl (C=O) groups is 2. The van der Waals surface area contributed by atoms with Crippen molar-refractivity contribution in [2.45, 2.75) is 26.3 Å². The van der Waals surface area contributed by atoms with E-state index >= 15 is 0 Å². The normalized spacial score (nSPS) is 11.7. The first-order chi connectivity index (χ1) is 8.08. The Kier molecular flexibility index (Phi) is 4.69. The number of esters is 1. The molecule has 1 aromatic carbocycles. The number of nitrogens with one attached hydrogen (secondary N) is 1. The zero-order chi connectivity index (χ0) is 12.8. The summed E-state index contributed by atoms with van der Waals surface area (Å²) >= 11 is 0. The van der Waals surface area contributed by atoms with E-state index in [1.165, 1.54) is 12.7 Å². The van der Waals surface area contributed by atoms with Gasteiger partial charge in [-0.1, -0.05) is 19.1 Å². The molecule has 4 nitrogen and oxygen atoms in total. The van der Waals surface area contributed by atoms with Gasteiger partial charge in [0.1, 0.15) is 6.04 Å². The van der Waals surface area contributed by atoms with Crippen LogP contribution in [0.3, 0.4) is 0 Å². The third-order valence-corrected chi connectivity index (χ3v) is 2.53. The van der Waals surface area contributed by atoms with Crippen LogP contribution < -0.4 is 5.32 Å². The summed E-state index contributed by atoms with van der Waals surface area (Å²) in [7, 11) is 1.29. The Morgan fingerprint density at radius 2 is 1.88 bits per heavy atom. The second-order valence-electron chi connectivity index (χ2n) is 3.77. The minimum atomic E-state index is -0.640. The summed E-state index contributed by atoms with van der Waals surface area (Å²) < 4.78 is 4.53. The van der Waals surface area contributed by atoms with Crippen LogP contribution in [0, 0.1) is 0 Å². The van der Waals surface area contributed by atoms with E-state index in [2.05, 4.69) is 17.0 Å². The lowest BCUT2D eigenvalue weighted by Crippen LogP contribution is -2.39. The third-order valence-electron chi connectivity index (χ3n) is 2.53. The average Bonchev–Trinajstić information content (AvgIpc) is 2.37. The van der Waals surface area contributed by atoms with Crippen molar-refractivity contribution in [3.05, 3.63) is 35.4 Å². The van der Waals surface area contributed by atoms with Gasteiger partial charge in [-0.3, -0.25) is 4.79 Å². The molecule has 1 atom stereocenters. The van der Waals surface area contributed by atoms with Crippen molar-refractivity contribution in [3.63, 3.8) is 0 Å². The van der Waals surface area contributed by atoms with Crippen molar-refractivity contribution in [3.8, 4) is 0 Å². The van der Waals surface area contributed by atoms with Crippen molar-refractivity contribution in [1.82, 2.24) is 5.32 Å². The van der Waals surface area contributed by atoms with Crippen molar-refractivity contribution in [2.75, 3.05) is 7.11 Å². The number of rotatable bonds is 4. The summed E-state index contributed by atoms with van der Waals surface area (Å²) in [4.78, 5) is 22.9. The van der Waals surface area contributed by atoms with Crippen LogP contribution in [0.1, 0.15) is 29.8 Å². The zero-order valence-electron chi connectivity index (χ0n) is 10.3. The van der Waals surface area contributed by atoms with E-state index in [0.29, 0.717) is 5.56 Å². The summed E-state index contributed by atoms with van der Waals surface area (Å²) in [6.45, 7) is 3.64. The molecular weight excluding hydrogens is 218 g/mol. The molecule has 92 valence electrons. The average molecular weight is 235 g/mol. The molecule has 1 N–H and O–H groups in total. The highest BCUT2D eigenvalue weighted by molar-refractivity contribution is 5.96. The first kappa shape index (κ1) is 13.2. The maximum absolute atomic E-state index is 11.8. The molecular formula is C13H17NO3. The molecule has 0 aliphatic carbocycles. The van der Waals surface area contributed by atoms with Crippen LogP contribution in [0.2, 0.25) is 0 Å². The molecule has 4 heteroatoms. The maximum atomic E-state index is 11.8. The minimum Gasteiger partial charge on any atom is -0.467 e. The Morgan fingerprint density at radius 1 is 1.29 bits per heavy atom. The summed E-state index contributed by atoms with van der Waals surface area (Å²) in [5.74, 6) is -0.728. The van der Waals surface area contributed by atoms with Crippen molar-refractivity contribution in [2.24, 2.45) is 0 Å². The van der Waals surface area contributed by atoms with Gasteiger partial charge in [0.15, 0.2) is 0 Å². The molecule has 0 spiro atoms. The largest absolute Gasteiger partial charge is 0.467 e. The van der Waals surface area contributed by atoms with Crippen LogP contribution in [0.5, 0.6) is 0 Å². The molecule has 0 aromatic heterocycles. The van der Waals surface area contributed by atoms with Crippen LogP contribution in [0.4, 0.5) is 0 Å². The van der Waals surface area contributed by atoms with E-state index in [9.17, 15) is 9.59 Å². The molecule has 0 heterocycles. The quantitative estimate of drug-likeness (QED) is 0.805. The van der Waals surface area contributed by atoms with Gasteiger partial charge in [-0.25, -0.2) is 4.79 Å². The van der Waals surface area contributed by atoms with E-state index in [1.54, 1.807) is 19.1 Å². The van der Waals surface area contributed by atoms with Gasteiger partial charge in [0.2, 0.25) is 0 Å². The van der Waals surface area contributed by atoms with E-state index in [4.69, 9.17) is 0 Å². The molecule has 0 bridgehead atoms. The number of hydrogen-bond acceptors (Lipinski definition) is 3. The smallest absolute Gasteiger partial charge is 0.328 e. The van der Waals surface area contributed by atoms with Gasteiger partial charge in [-0.2, -0.15) is 0 Å². The second kappa shape index (κ2) is 6.03. The lowest BCUT2D eigenvalue weighted by atomic mass is 10.1. The lowest BCUT2D eigenvalue weighted by Gasteiger charge is -2.11. The summed E-state index contributed by atoms with van der Waals surface area (Å²) in [5, 5.41) is 2.57. The Labute approximate surface area is 101 Å². The zero-order valence-corrected chi connectivity index (χ0v) is 10.3. The third kappa shape index (κ3) is 3.59. The maximum Gasteiger partial charge on any atom is 0.328 e. The molecule has 0 saturated carbocycles. The van der Waals surface area contributed by atoms with Crippen molar-refractivity contribution >= 4 is 11.9 Å². The fourth-order valence-corrected chi connectivity index (χ4v) is 1.41. The van der Waals surface area contributed by atoms with Gasteiger partial charge in [-0.15, -0.1) is 0 Å². The van der Waals surface area contributed by atoms with Crippen LogP contribution in [-0.4, -0.2) is 25.0 Å². The Hall–Kier alpha value is -1.84. The highest BCUT2D eigenvalue weighted by Gasteiger charge is 2.16. The van der Waals surface area contributed by atoms with Crippen molar-refractivity contribution < 1.29 is 14.3 Å². The standard InChI is InChI=1S/C13H17NO3/c1-4-10-5-7-11(8-6-10)12(15)14-9(2)13(16)17-3/h5-9H,4H2,1-3H3,(H,14,15). The Bertz CT molecular complexity index is 398. The number of benzene rings is 1. The summed E-state index contributed by atoms with van der Waals surface area (Å²) in [6, 6.07) is 6.66. The van der Waals surface area contributed by atoms with E-state index in [0.717, 1.165) is 6.42 Å². The highest BCUT2D eigenvalue weighted by Crippen LogP contribution is 2.05. The SMILES string of the molecule is CCc1ccc(C(=O)NC(C)C(=O)OC)cc1. The van der Waals surface area contributed by atoms with Crippen LogP contribution in [0.15, 0.2) is 24.3 Å². The van der Waals surface area contributed by atoms with Gasteiger partial charge >= 0.3 is 5.97 Å². The second-order valence-corrected chi connectivity index (χ2v) is 3.77. The molecule has 0 aliphatic heterocycles. The number of hydrogen-bond donors (Lipinski definition) is 1. The van der Waals surface area contributed by atoms with Gasteiger partial charge in [-0.05, 0) is 31.0 Å². The minimum absolute atomic E-state index is 0.273. The molecule has 17 heavy (non-hydrogen) atoms. The fraction of sp³-hybridized carbons (Fsp3) is 0.385. The number of carbonyl (C=O) groups excluding carboxylic acids is 2. The van der Waals surface area contributed by atoms with E-state index in [-0.39, 0.29) is 5.91 Å². The molecule has 1 aromatic rings. The van der Waals surface area contributed by atoms with Gasteiger partial charge in [0.05, 0.1) is 7.11 Å². The van der Waals surface area contributed by atoms with Gasteiger partial charge in [0.25, 0.3) is 5.91 Å². The van der Waals surface area contributed by atoms with Crippen molar-refractivity contribution in [1.29, 1.82) is 0 Å².